The van der Waals surface area contributed by atoms with Crippen LogP contribution in [0.25, 0.3) is 0 Å². The lowest BCUT2D eigenvalue weighted by molar-refractivity contribution is -0.133. The van der Waals surface area contributed by atoms with Crippen LogP contribution < -0.4 is 0 Å². The minimum atomic E-state index is -0.841. The number of aromatic nitrogens is 3. The molecule has 17 heavy (non-hydrogen) atoms. The summed E-state index contributed by atoms with van der Waals surface area (Å²) in [4.78, 5) is 10.5. The predicted octanol–water partition coefficient (Wildman–Crippen LogP) is 1.90. The van der Waals surface area contributed by atoms with Crippen molar-refractivity contribution in [3.05, 3.63) is 5.82 Å². The van der Waals surface area contributed by atoms with Gasteiger partial charge < -0.3 is 9.67 Å². The van der Waals surface area contributed by atoms with Crippen LogP contribution in [0.5, 0.6) is 0 Å². The van der Waals surface area contributed by atoms with E-state index in [0.717, 1.165) is 12.4 Å². The number of carboxylic acid groups (broad SMARTS) is 1. The van der Waals surface area contributed by atoms with Gasteiger partial charge in [0.25, 0.3) is 0 Å². The van der Waals surface area contributed by atoms with Crippen molar-refractivity contribution in [2.24, 2.45) is 0 Å². The molecule has 0 fully saturated rings. The molecule has 5 nitrogen and oxygen atoms in total. The zero-order valence-electron chi connectivity index (χ0n) is 10.4. The monoisotopic (exact) mass is 275 g/mol. The van der Waals surface area contributed by atoms with Gasteiger partial charge in [0.1, 0.15) is 5.82 Å². The van der Waals surface area contributed by atoms with Crippen molar-refractivity contribution in [2.75, 3.05) is 12.0 Å². The summed E-state index contributed by atoms with van der Waals surface area (Å²) in [7, 11) is 0. The fraction of sp³-hybridized carbons (Fsp3) is 0.700. The Kier molecular flexibility index (Phi) is 4.88. The van der Waals surface area contributed by atoms with Crippen LogP contribution in [0.4, 0.5) is 0 Å². The molecule has 0 aliphatic rings. The van der Waals surface area contributed by atoms with Gasteiger partial charge in [-0.25, -0.2) is 0 Å². The van der Waals surface area contributed by atoms with Gasteiger partial charge in [0, 0.05) is 11.3 Å². The molecule has 1 rings (SSSR count). The number of carboxylic acids is 1. The number of hydrogen-bond donors (Lipinski definition) is 1. The van der Waals surface area contributed by atoms with Gasteiger partial charge in [-0.1, -0.05) is 11.8 Å². The summed E-state index contributed by atoms with van der Waals surface area (Å²) in [5.41, 5.74) is 0. The summed E-state index contributed by atoms with van der Waals surface area (Å²) in [5, 5.41) is 17.4. The van der Waals surface area contributed by atoms with E-state index in [9.17, 15) is 4.79 Å². The second kappa shape index (κ2) is 5.77. The maximum atomic E-state index is 10.5. The fourth-order valence-electron chi connectivity index (χ4n) is 1.22. The molecule has 0 atom stereocenters. The smallest absolute Gasteiger partial charge is 0.313 e. The molecule has 0 unspecified atom stereocenters. The molecule has 0 aliphatic heterocycles. The Hall–Kier alpha value is -0.690. The molecule has 0 saturated heterocycles. The van der Waals surface area contributed by atoms with E-state index in [1.807, 2.05) is 11.5 Å². The number of thioether (sulfide) groups is 2. The van der Waals surface area contributed by atoms with Crippen LogP contribution in [0.15, 0.2) is 5.16 Å². The van der Waals surface area contributed by atoms with E-state index in [1.54, 1.807) is 11.8 Å². The third-order valence-corrected chi connectivity index (χ3v) is 4.50. The lowest BCUT2D eigenvalue weighted by Crippen LogP contribution is -2.23. The first-order valence-corrected chi connectivity index (χ1v) is 7.36. The number of rotatable bonds is 6. The summed E-state index contributed by atoms with van der Waals surface area (Å²) in [6, 6.07) is 0. The highest BCUT2D eigenvalue weighted by atomic mass is 32.2. The van der Waals surface area contributed by atoms with E-state index < -0.39 is 5.97 Å². The minimum absolute atomic E-state index is 0.0117. The van der Waals surface area contributed by atoms with E-state index in [1.165, 1.54) is 11.8 Å². The summed E-state index contributed by atoms with van der Waals surface area (Å²) < 4.78 is 2.05. The highest BCUT2D eigenvalue weighted by Crippen LogP contribution is 2.26. The number of hydrogen-bond acceptors (Lipinski definition) is 5. The van der Waals surface area contributed by atoms with Gasteiger partial charge in [-0.05, 0) is 27.0 Å². The van der Waals surface area contributed by atoms with Crippen LogP contribution in [0.2, 0.25) is 0 Å². The molecule has 1 heterocycles. The first-order chi connectivity index (χ1) is 7.85. The van der Waals surface area contributed by atoms with Crippen LogP contribution in [-0.4, -0.2) is 42.6 Å². The van der Waals surface area contributed by atoms with E-state index in [-0.39, 0.29) is 10.5 Å². The summed E-state index contributed by atoms with van der Waals surface area (Å²) in [6.45, 7) is 6.94. The molecule has 0 aromatic carbocycles. The van der Waals surface area contributed by atoms with Gasteiger partial charge in [0.05, 0.1) is 5.75 Å². The van der Waals surface area contributed by atoms with Crippen LogP contribution in [-0.2, 0) is 11.3 Å². The zero-order chi connectivity index (χ0) is 13.1. The molecule has 1 aromatic rings. The summed E-state index contributed by atoms with van der Waals surface area (Å²) in [6.07, 6.45) is 2.06. The molecule has 0 saturated carbocycles. The van der Waals surface area contributed by atoms with Gasteiger partial charge >= 0.3 is 5.97 Å². The highest BCUT2D eigenvalue weighted by Gasteiger charge is 2.21. The molecule has 0 amide bonds. The molecule has 1 aromatic heterocycles. The Morgan fingerprint density at radius 3 is 2.65 bits per heavy atom. The average molecular weight is 275 g/mol. The summed E-state index contributed by atoms with van der Waals surface area (Å²) in [5.74, 6) is -0.0102. The normalized spacial score (nSPS) is 11.8. The van der Waals surface area contributed by atoms with Crippen LogP contribution in [0.1, 0.15) is 19.7 Å². The van der Waals surface area contributed by atoms with Crippen molar-refractivity contribution < 1.29 is 9.90 Å². The third-order valence-electron chi connectivity index (χ3n) is 2.32. The number of nitrogens with zero attached hydrogens (tertiary/aromatic N) is 3. The molecular weight excluding hydrogens is 258 g/mol. The second-order valence-electron chi connectivity index (χ2n) is 4.26. The molecule has 0 aliphatic carbocycles. The lowest BCUT2D eigenvalue weighted by Gasteiger charge is -2.23. The molecule has 0 spiro atoms. The van der Waals surface area contributed by atoms with Gasteiger partial charge in [-0.2, -0.15) is 11.8 Å². The van der Waals surface area contributed by atoms with Crippen LogP contribution in [0, 0.1) is 6.92 Å². The predicted molar refractivity (Wildman–Crippen MR) is 70.7 cm³/mol. The van der Waals surface area contributed by atoms with Crippen molar-refractivity contribution in [1.29, 1.82) is 0 Å². The van der Waals surface area contributed by atoms with E-state index in [0.29, 0.717) is 5.16 Å². The Bertz CT molecular complexity index is 404. The standard InChI is InChI=1S/C10H17N3O2S2/c1-7-11-12-9(17-5-8(14)15)13(7)6-10(2,3)16-4/h5-6H2,1-4H3,(H,14,15). The largest absolute Gasteiger partial charge is 0.481 e. The SMILES string of the molecule is CSC(C)(C)Cn1c(C)nnc1SCC(=O)O. The topological polar surface area (TPSA) is 68.0 Å². The lowest BCUT2D eigenvalue weighted by atomic mass is 10.2. The Balaban J connectivity index is 2.83. The molecular formula is C10H17N3O2S2. The van der Waals surface area contributed by atoms with Gasteiger partial charge in [0.2, 0.25) is 0 Å². The molecule has 7 heteroatoms. The maximum absolute atomic E-state index is 10.5. The van der Waals surface area contributed by atoms with Crippen LogP contribution >= 0.6 is 23.5 Å². The highest BCUT2D eigenvalue weighted by molar-refractivity contribution is 8.00. The molecule has 0 radical (unpaired) electrons. The Morgan fingerprint density at radius 1 is 1.47 bits per heavy atom. The van der Waals surface area contributed by atoms with E-state index >= 15 is 0 Å². The van der Waals surface area contributed by atoms with Gasteiger partial charge in [-0.15, -0.1) is 10.2 Å². The minimum Gasteiger partial charge on any atom is -0.481 e. The van der Waals surface area contributed by atoms with Gasteiger partial charge in [0.15, 0.2) is 5.16 Å². The Morgan fingerprint density at radius 2 is 2.12 bits per heavy atom. The van der Waals surface area contributed by atoms with Crippen molar-refractivity contribution in [1.82, 2.24) is 14.8 Å². The third kappa shape index (κ3) is 4.23. The molecule has 0 bridgehead atoms. The zero-order valence-corrected chi connectivity index (χ0v) is 12.1. The quantitative estimate of drug-likeness (QED) is 0.800. The van der Waals surface area contributed by atoms with E-state index in [2.05, 4.69) is 30.3 Å². The van der Waals surface area contributed by atoms with E-state index in [4.69, 9.17) is 5.11 Å². The number of carbonyl (C=O) groups is 1. The first kappa shape index (κ1) is 14.4. The number of aliphatic carboxylic acids is 1. The Labute approximate surface area is 109 Å². The average Bonchev–Trinajstić information content (AvgIpc) is 2.57. The fourth-order valence-corrected chi connectivity index (χ4v) is 2.18. The van der Waals surface area contributed by atoms with Crippen molar-refractivity contribution in [3.63, 3.8) is 0 Å². The maximum Gasteiger partial charge on any atom is 0.313 e. The molecule has 1 N–H and O–H groups in total. The molecule has 96 valence electrons. The first-order valence-electron chi connectivity index (χ1n) is 5.15. The van der Waals surface area contributed by atoms with Crippen molar-refractivity contribution in [2.45, 2.75) is 37.2 Å². The van der Waals surface area contributed by atoms with Crippen molar-refractivity contribution >= 4 is 29.5 Å². The van der Waals surface area contributed by atoms with Gasteiger partial charge in [-0.3, -0.25) is 4.79 Å². The van der Waals surface area contributed by atoms with Crippen molar-refractivity contribution in [3.8, 4) is 0 Å². The van der Waals surface area contributed by atoms with Crippen LogP contribution in [0.3, 0.4) is 0 Å². The summed E-state index contributed by atoms with van der Waals surface area (Å²) >= 11 is 2.97. The number of aryl methyl sites for hydroxylation is 1. The second-order valence-corrected chi connectivity index (χ2v) is 6.72.